The molecule has 1 aromatic rings. The molecule has 114 valence electrons. The number of nitrogens with zero attached hydrogens (tertiary/aromatic N) is 2. The van der Waals surface area contributed by atoms with Crippen LogP contribution in [0.2, 0.25) is 0 Å². The lowest BCUT2D eigenvalue weighted by Crippen LogP contribution is -2.55. The molecule has 6 heteroatoms. The van der Waals surface area contributed by atoms with Crippen molar-refractivity contribution in [2.24, 2.45) is 5.84 Å². The number of aromatic nitrogens is 1. The number of fused-ring (bicyclic) bond motifs is 2. The second-order valence-electron chi connectivity index (χ2n) is 6.09. The largest absolute Gasteiger partial charge is 0.349 e. The molecule has 2 fully saturated rings. The topological polar surface area (TPSA) is 83.3 Å². The van der Waals surface area contributed by atoms with Gasteiger partial charge in [-0.25, -0.2) is 10.8 Å². The molecule has 2 saturated heterocycles. The van der Waals surface area contributed by atoms with Crippen molar-refractivity contribution >= 4 is 11.7 Å². The van der Waals surface area contributed by atoms with Crippen molar-refractivity contribution < 1.29 is 4.79 Å². The third-order valence-electron chi connectivity index (χ3n) is 4.86. The highest BCUT2D eigenvalue weighted by Gasteiger charge is 2.36. The Morgan fingerprint density at radius 3 is 2.76 bits per heavy atom. The monoisotopic (exact) mass is 289 g/mol. The SMILES string of the molecule is CN1C2CCCC1CC(NC(=O)c1cccnc1NN)C2. The zero-order chi connectivity index (χ0) is 14.8. The molecule has 0 spiro atoms. The molecule has 4 N–H and O–H groups in total. The first-order valence-electron chi connectivity index (χ1n) is 7.63. The number of hydrogen-bond acceptors (Lipinski definition) is 5. The molecule has 2 atom stereocenters. The van der Waals surface area contributed by atoms with Gasteiger partial charge >= 0.3 is 0 Å². The van der Waals surface area contributed by atoms with Crippen molar-refractivity contribution in [1.29, 1.82) is 0 Å². The Morgan fingerprint density at radius 1 is 1.38 bits per heavy atom. The van der Waals surface area contributed by atoms with Gasteiger partial charge in [0.05, 0.1) is 5.56 Å². The van der Waals surface area contributed by atoms with E-state index in [9.17, 15) is 4.79 Å². The number of pyridine rings is 1. The lowest BCUT2D eigenvalue weighted by molar-refractivity contribution is 0.0463. The summed E-state index contributed by atoms with van der Waals surface area (Å²) in [6.07, 6.45) is 7.47. The standard InChI is InChI=1S/C15H23N5O/c1-20-11-4-2-5-12(20)9-10(8-11)18-15(21)13-6-3-7-17-14(13)19-16/h3,6-7,10-12H,2,4-5,8-9,16H2,1H3,(H,17,19)(H,18,21). The number of rotatable bonds is 3. The van der Waals surface area contributed by atoms with Crippen molar-refractivity contribution in [3.05, 3.63) is 23.9 Å². The number of nitrogens with one attached hydrogen (secondary N) is 2. The van der Waals surface area contributed by atoms with Gasteiger partial charge in [0.1, 0.15) is 0 Å². The Balaban J connectivity index is 1.68. The summed E-state index contributed by atoms with van der Waals surface area (Å²) in [5.74, 6) is 5.74. The predicted octanol–water partition coefficient (Wildman–Crippen LogP) is 1.11. The molecule has 3 heterocycles. The number of nitrogens with two attached hydrogens (primary N) is 1. The van der Waals surface area contributed by atoms with E-state index in [1.807, 2.05) is 0 Å². The van der Waals surface area contributed by atoms with Gasteiger partial charge in [-0.1, -0.05) is 6.42 Å². The van der Waals surface area contributed by atoms with E-state index in [-0.39, 0.29) is 11.9 Å². The number of piperidine rings is 2. The molecular weight excluding hydrogens is 266 g/mol. The van der Waals surface area contributed by atoms with Crippen LogP contribution in [0.3, 0.4) is 0 Å². The molecule has 0 aromatic carbocycles. The van der Waals surface area contributed by atoms with Crippen molar-refractivity contribution in [2.45, 2.75) is 50.2 Å². The van der Waals surface area contributed by atoms with Crippen LogP contribution >= 0.6 is 0 Å². The van der Waals surface area contributed by atoms with Gasteiger partial charge in [0, 0.05) is 24.3 Å². The molecule has 6 nitrogen and oxygen atoms in total. The van der Waals surface area contributed by atoms with Crippen molar-refractivity contribution in [3.8, 4) is 0 Å². The van der Waals surface area contributed by atoms with E-state index in [4.69, 9.17) is 5.84 Å². The quantitative estimate of drug-likeness (QED) is 0.573. The molecule has 2 bridgehead atoms. The highest BCUT2D eigenvalue weighted by molar-refractivity contribution is 5.98. The van der Waals surface area contributed by atoms with Gasteiger partial charge in [0.25, 0.3) is 5.91 Å². The van der Waals surface area contributed by atoms with Crippen molar-refractivity contribution in [3.63, 3.8) is 0 Å². The van der Waals surface area contributed by atoms with Gasteiger partial charge in [-0.15, -0.1) is 0 Å². The molecule has 2 aliphatic rings. The minimum absolute atomic E-state index is 0.0938. The van der Waals surface area contributed by atoms with Crippen molar-refractivity contribution in [2.75, 3.05) is 12.5 Å². The van der Waals surface area contributed by atoms with Crippen LogP contribution in [-0.4, -0.2) is 41.0 Å². The van der Waals surface area contributed by atoms with Crippen LogP contribution in [-0.2, 0) is 0 Å². The Kier molecular flexibility index (Phi) is 4.07. The molecule has 0 radical (unpaired) electrons. The fraction of sp³-hybridized carbons (Fsp3) is 0.600. The van der Waals surface area contributed by atoms with E-state index in [0.29, 0.717) is 23.5 Å². The van der Waals surface area contributed by atoms with Crippen LogP contribution in [0.4, 0.5) is 5.82 Å². The smallest absolute Gasteiger partial charge is 0.255 e. The first-order valence-corrected chi connectivity index (χ1v) is 7.63. The van der Waals surface area contributed by atoms with Gasteiger partial charge in [-0.2, -0.15) is 0 Å². The van der Waals surface area contributed by atoms with E-state index in [2.05, 4.69) is 27.7 Å². The second kappa shape index (κ2) is 5.99. The number of hydrogen-bond donors (Lipinski definition) is 3. The molecule has 2 aliphatic heterocycles. The minimum atomic E-state index is -0.0938. The number of amides is 1. The fourth-order valence-corrected chi connectivity index (χ4v) is 3.70. The first kappa shape index (κ1) is 14.3. The fourth-order valence-electron chi connectivity index (χ4n) is 3.70. The number of hydrazine groups is 1. The lowest BCUT2D eigenvalue weighted by Gasteiger charge is -2.47. The first-order chi connectivity index (χ1) is 10.2. The van der Waals surface area contributed by atoms with Gasteiger partial charge in [0.15, 0.2) is 5.82 Å². The lowest BCUT2D eigenvalue weighted by atomic mass is 9.82. The minimum Gasteiger partial charge on any atom is -0.349 e. The predicted molar refractivity (Wildman–Crippen MR) is 81.7 cm³/mol. The van der Waals surface area contributed by atoms with E-state index in [1.165, 1.54) is 19.3 Å². The van der Waals surface area contributed by atoms with Gasteiger partial charge in [-0.05, 0) is 44.9 Å². The zero-order valence-corrected chi connectivity index (χ0v) is 12.4. The van der Waals surface area contributed by atoms with Crippen LogP contribution in [0, 0.1) is 0 Å². The molecule has 3 rings (SSSR count). The van der Waals surface area contributed by atoms with E-state index in [0.717, 1.165) is 12.8 Å². The highest BCUT2D eigenvalue weighted by Crippen LogP contribution is 2.32. The third-order valence-corrected chi connectivity index (χ3v) is 4.86. The average Bonchev–Trinajstić information content (AvgIpc) is 2.48. The highest BCUT2D eigenvalue weighted by atomic mass is 16.1. The summed E-state index contributed by atoms with van der Waals surface area (Å²) in [7, 11) is 2.21. The molecule has 2 unspecified atom stereocenters. The summed E-state index contributed by atoms with van der Waals surface area (Å²) < 4.78 is 0. The van der Waals surface area contributed by atoms with Crippen molar-refractivity contribution in [1.82, 2.24) is 15.2 Å². The third kappa shape index (κ3) is 2.87. The zero-order valence-electron chi connectivity index (χ0n) is 12.4. The normalized spacial score (nSPS) is 29.0. The Hall–Kier alpha value is -1.66. The average molecular weight is 289 g/mol. The molecule has 1 amide bonds. The molecule has 1 aromatic heterocycles. The number of carbonyl (C=O) groups is 1. The van der Waals surface area contributed by atoms with Crippen LogP contribution in [0.1, 0.15) is 42.5 Å². The van der Waals surface area contributed by atoms with E-state index < -0.39 is 0 Å². The summed E-state index contributed by atoms with van der Waals surface area (Å²) in [5, 5.41) is 3.16. The number of carbonyl (C=O) groups excluding carboxylic acids is 1. The summed E-state index contributed by atoms with van der Waals surface area (Å²) in [6, 6.07) is 4.94. The summed E-state index contributed by atoms with van der Waals surface area (Å²) in [4.78, 5) is 19.0. The Bertz CT molecular complexity index is 507. The molecule has 21 heavy (non-hydrogen) atoms. The van der Waals surface area contributed by atoms with Crippen LogP contribution in [0.15, 0.2) is 18.3 Å². The summed E-state index contributed by atoms with van der Waals surface area (Å²) in [6.45, 7) is 0. The van der Waals surface area contributed by atoms with Gasteiger partial charge in [-0.3, -0.25) is 4.79 Å². The molecule has 0 aliphatic carbocycles. The van der Waals surface area contributed by atoms with E-state index in [1.54, 1.807) is 18.3 Å². The second-order valence-corrected chi connectivity index (χ2v) is 6.09. The Labute approximate surface area is 125 Å². The maximum Gasteiger partial charge on any atom is 0.255 e. The maximum atomic E-state index is 12.4. The summed E-state index contributed by atoms with van der Waals surface area (Å²) >= 11 is 0. The van der Waals surface area contributed by atoms with Crippen LogP contribution < -0.4 is 16.6 Å². The van der Waals surface area contributed by atoms with Crippen LogP contribution in [0.5, 0.6) is 0 Å². The van der Waals surface area contributed by atoms with Crippen LogP contribution in [0.25, 0.3) is 0 Å². The number of nitrogen functional groups attached to an aromatic ring is 1. The maximum absolute atomic E-state index is 12.4. The van der Waals surface area contributed by atoms with Gasteiger partial charge in [0.2, 0.25) is 0 Å². The van der Waals surface area contributed by atoms with Gasteiger partial charge < -0.3 is 15.6 Å². The van der Waals surface area contributed by atoms with E-state index >= 15 is 0 Å². The molecule has 0 saturated carbocycles. The Morgan fingerprint density at radius 2 is 2.10 bits per heavy atom. The molecular formula is C15H23N5O. The number of anilines is 1. The summed E-state index contributed by atoms with van der Waals surface area (Å²) in [5.41, 5.74) is 2.98.